The van der Waals surface area contributed by atoms with E-state index in [0.717, 1.165) is 18.2 Å². The fourth-order valence-electron chi connectivity index (χ4n) is 1.43. The summed E-state index contributed by atoms with van der Waals surface area (Å²) in [4.78, 5) is 6.41. The van der Waals surface area contributed by atoms with Gasteiger partial charge in [0.25, 0.3) is 0 Å². The van der Waals surface area contributed by atoms with Crippen LogP contribution in [0.5, 0.6) is 0 Å². The summed E-state index contributed by atoms with van der Waals surface area (Å²) < 4.78 is 1.85. The molecule has 0 aromatic carbocycles. The van der Waals surface area contributed by atoms with Crippen LogP contribution in [0.1, 0.15) is 19.5 Å². The van der Waals surface area contributed by atoms with Gasteiger partial charge in [0.15, 0.2) is 5.96 Å². The Labute approximate surface area is 139 Å². The molecule has 0 aliphatic carbocycles. The smallest absolute Gasteiger partial charge is 0.191 e. The van der Waals surface area contributed by atoms with Crippen LogP contribution in [0.15, 0.2) is 17.3 Å². The van der Waals surface area contributed by atoms with E-state index in [1.807, 2.05) is 17.8 Å². The second-order valence-electron chi connectivity index (χ2n) is 5.43. The van der Waals surface area contributed by atoms with Crippen molar-refractivity contribution in [1.82, 2.24) is 25.3 Å². The van der Waals surface area contributed by atoms with Crippen molar-refractivity contribution in [3.63, 3.8) is 0 Å². The zero-order chi connectivity index (χ0) is 14.5. The molecule has 1 heterocycles. The molecule has 0 fully saturated rings. The number of hydrogen-bond donors (Lipinski definition) is 2. The molecule has 1 aromatic rings. The van der Waals surface area contributed by atoms with Gasteiger partial charge in [-0.25, -0.2) is 0 Å². The first kappa shape index (κ1) is 19.2. The predicted molar refractivity (Wildman–Crippen MR) is 94.6 cm³/mol. The van der Waals surface area contributed by atoms with Gasteiger partial charge in [-0.05, 0) is 34.0 Å². The average molecular weight is 394 g/mol. The molecular weight excluding hydrogens is 367 g/mol. The van der Waals surface area contributed by atoms with Crippen molar-refractivity contribution in [3.05, 3.63) is 18.0 Å². The highest BCUT2D eigenvalue weighted by molar-refractivity contribution is 14.0. The van der Waals surface area contributed by atoms with Gasteiger partial charge in [-0.1, -0.05) is 0 Å². The fourth-order valence-corrected chi connectivity index (χ4v) is 1.43. The van der Waals surface area contributed by atoms with Crippen molar-refractivity contribution in [2.24, 2.45) is 12.0 Å². The van der Waals surface area contributed by atoms with Gasteiger partial charge < -0.3 is 15.5 Å². The van der Waals surface area contributed by atoms with E-state index < -0.39 is 0 Å². The van der Waals surface area contributed by atoms with Crippen molar-refractivity contribution >= 4 is 29.9 Å². The van der Waals surface area contributed by atoms with E-state index in [-0.39, 0.29) is 29.5 Å². The second kappa shape index (κ2) is 8.46. The molecule has 1 rings (SSSR count). The van der Waals surface area contributed by atoms with Gasteiger partial charge in [0.2, 0.25) is 0 Å². The van der Waals surface area contributed by atoms with Crippen molar-refractivity contribution in [2.75, 3.05) is 27.7 Å². The van der Waals surface area contributed by atoms with Crippen LogP contribution in [0.4, 0.5) is 0 Å². The monoisotopic (exact) mass is 394 g/mol. The van der Waals surface area contributed by atoms with E-state index in [9.17, 15) is 0 Å². The summed E-state index contributed by atoms with van der Waals surface area (Å²) in [6, 6.07) is 1.99. The first-order valence-electron chi connectivity index (χ1n) is 6.45. The molecule has 0 spiro atoms. The minimum absolute atomic E-state index is 0. The number of aliphatic imine (C=N–C) groups is 1. The summed E-state index contributed by atoms with van der Waals surface area (Å²) in [6.45, 7) is 5.91. The number of aromatic nitrogens is 2. The van der Waals surface area contributed by atoms with Crippen LogP contribution in [0.3, 0.4) is 0 Å². The third kappa shape index (κ3) is 5.66. The third-order valence-corrected chi connectivity index (χ3v) is 3.48. The molecule has 20 heavy (non-hydrogen) atoms. The maximum absolute atomic E-state index is 4.23. The highest BCUT2D eigenvalue weighted by Crippen LogP contribution is 2.07. The van der Waals surface area contributed by atoms with Crippen molar-refractivity contribution < 1.29 is 0 Å². The molecular formula is C13H27IN6. The van der Waals surface area contributed by atoms with E-state index in [1.54, 1.807) is 13.2 Å². The number of aryl methyl sites for hydroxylation is 1. The van der Waals surface area contributed by atoms with Gasteiger partial charge in [-0.2, -0.15) is 5.10 Å². The number of nitrogens with zero attached hydrogens (tertiary/aromatic N) is 4. The molecule has 0 amide bonds. The molecule has 116 valence electrons. The number of rotatable bonds is 5. The summed E-state index contributed by atoms with van der Waals surface area (Å²) >= 11 is 0. The van der Waals surface area contributed by atoms with Crippen molar-refractivity contribution in [2.45, 2.75) is 25.9 Å². The molecule has 0 atom stereocenters. The van der Waals surface area contributed by atoms with E-state index in [2.05, 4.69) is 53.6 Å². The first-order chi connectivity index (χ1) is 8.86. The van der Waals surface area contributed by atoms with Gasteiger partial charge in [0.05, 0.1) is 12.2 Å². The largest absolute Gasteiger partial charge is 0.355 e. The predicted octanol–water partition coefficient (Wildman–Crippen LogP) is 1.04. The van der Waals surface area contributed by atoms with Gasteiger partial charge >= 0.3 is 0 Å². The van der Waals surface area contributed by atoms with Gasteiger partial charge in [0, 0.05) is 32.4 Å². The molecule has 0 saturated carbocycles. The van der Waals surface area contributed by atoms with Crippen LogP contribution >= 0.6 is 24.0 Å². The normalized spacial score (nSPS) is 12.2. The lowest BCUT2D eigenvalue weighted by Crippen LogP contribution is -2.50. The van der Waals surface area contributed by atoms with E-state index in [0.29, 0.717) is 6.54 Å². The zero-order valence-corrected chi connectivity index (χ0v) is 15.6. The maximum atomic E-state index is 4.23. The zero-order valence-electron chi connectivity index (χ0n) is 13.3. The van der Waals surface area contributed by atoms with Crippen molar-refractivity contribution in [3.8, 4) is 0 Å². The highest BCUT2D eigenvalue weighted by atomic mass is 127. The number of halogens is 1. The van der Waals surface area contributed by atoms with E-state index in [4.69, 9.17) is 0 Å². The lowest BCUT2D eigenvalue weighted by molar-refractivity contribution is 0.197. The summed E-state index contributed by atoms with van der Waals surface area (Å²) in [6.07, 6.45) is 1.79. The lowest BCUT2D eigenvalue weighted by atomic mass is 10.0. The molecule has 1 aromatic heterocycles. The molecule has 0 aliphatic heterocycles. The number of nitrogens with one attached hydrogen (secondary N) is 2. The maximum Gasteiger partial charge on any atom is 0.191 e. The molecule has 2 N–H and O–H groups in total. The minimum Gasteiger partial charge on any atom is -0.355 e. The molecule has 0 radical (unpaired) electrons. The molecule has 7 heteroatoms. The SMILES string of the molecule is CN=C(NCc1ccnn1C)NCC(C)(C)N(C)C.I. The molecule has 0 bridgehead atoms. The Morgan fingerprint density at radius 3 is 2.50 bits per heavy atom. The van der Waals surface area contributed by atoms with Crippen LogP contribution in [-0.2, 0) is 13.6 Å². The van der Waals surface area contributed by atoms with E-state index >= 15 is 0 Å². The Bertz CT molecular complexity index is 424. The van der Waals surface area contributed by atoms with Gasteiger partial charge in [-0.3, -0.25) is 9.67 Å². The van der Waals surface area contributed by atoms with E-state index in [1.165, 1.54) is 0 Å². The Morgan fingerprint density at radius 1 is 1.40 bits per heavy atom. The summed E-state index contributed by atoms with van der Waals surface area (Å²) in [7, 11) is 7.87. The average Bonchev–Trinajstić information content (AvgIpc) is 2.75. The third-order valence-electron chi connectivity index (χ3n) is 3.48. The molecule has 0 aliphatic rings. The van der Waals surface area contributed by atoms with Crippen LogP contribution in [0, 0.1) is 0 Å². The fraction of sp³-hybridized carbons (Fsp3) is 0.692. The summed E-state index contributed by atoms with van der Waals surface area (Å²) in [5.74, 6) is 0.802. The Morgan fingerprint density at radius 2 is 2.05 bits per heavy atom. The number of likely N-dealkylation sites (N-methyl/N-ethyl adjacent to an activating group) is 1. The van der Waals surface area contributed by atoms with Crippen LogP contribution in [0.2, 0.25) is 0 Å². The van der Waals surface area contributed by atoms with Crippen LogP contribution in [-0.4, -0.2) is 53.9 Å². The molecule has 6 nitrogen and oxygen atoms in total. The molecule has 0 saturated heterocycles. The Hall–Kier alpha value is -0.830. The number of guanidine groups is 1. The second-order valence-corrected chi connectivity index (χ2v) is 5.43. The van der Waals surface area contributed by atoms with Crippen molar-refractivity contribution in [1.29, 1.82) is 0 Å². The minimum atomic E-state index is 0. The summed E-state index contributed by atoms with van der Waals surface area (Å²) in [5.41, 5.74) is 1.19. The van der Waals surface area contributed by atoms with Gasteiger partial charge in [0.1, 0.15) is 0 Å². The highest BCUT2D eigenvalue weighted by Gasteiger charge is 2.20. The number of hydrogen-bond acceptors (Lipinski definition) is 3. The summed E-state index contributed by atoms with van der Waals surface area (Å²) in [5, 5.41) is 10.8. The lowest BCUT2D eigenvalue weighted by Gasteiger charge is -2.33. The standard InChI is InChI=1S/C13H26N6.HI/c1-13(2,18(4)5)10-16-12(14-3)15-9-11-7-8-17-19(11)6;/h7-8H,9-10H2,1-6H3,(H2,14,15,16);1H. The Balaban J connectivity index is 0.00000361. The first-order valence-corrected chi connectivity index (χ1v) is 6.45. The topological polar surface area (TPSA) is 57.5 Å². The van der Waals surface area contributed by atoms with Crippen LogP contribution in [0.25, 0.3) is 0 Å². The van der Waals surface area contributed by atoms with Crippen LogP contribution < -0.4 is 10.6 Å². The quantitative estimate of drug-likeness (QED) is 0.445. The Kier molecular flexibility index (Phi) is 8.10. The molecule has 0 unspecified atom stereocenters. The van der Waals surface area contributed by atoms with Gasteiger partial charge in [-0.15, -0.1) is 24.0 Å².